The monoisotopic (exact) mass is 299 g/mol. The molecule has 3 N–H and O–H groups in total. The molecule has 1 unspecified atom stereocenters. The van der Waals surface area contributed by atoms with Gasteiger partial charge in [0.1, 0.15) is 0 Å². The van der Waals surface area contributed by atoms with Crippen molar-refractivity contribution in [2.24, 2.45) is 11.7 Å². The van der Waals surface area contributed by atoms with E-state index >= 15 is 0 Å². The Morgan fingerprint density at radius 3 is 1.64 bits per heavy atom. The van der Waals surface area contributed by atoms with Crippen molar-refractivity contribution in [1.82, 2.24) is 0 Å². The van der Waals surface area contributed by atoms with Crippen molar-refractivity contribution in [3.05, 3.63) is 71.8 Å². The lowest BCUT2D eigenvalue weighted by atomic mass is 9.88. The van der Waals surface area contributed by atoms with Crippen molar-refractivity contribution in [2.75, 3.05) is 13.2 Å². The van der Waals surface area contributed by atoms with Crippen molar-refractivity contribution < 1.29 is 5.11 Å². The van der Waals surface area contributed by atoms with E-state index in [1.165, 1.54) is 24.0 Å². The summed E-state index contributed by atoms with van der Waals surface area (Å²) < 4.78 is 0. The number of hydrogen-bond acceptors (Lipinski definition) is 2. The Bertz CT molecular complexity index is 440. The van der Waals surface area contributed by atoms with Crippen LogP contribution < -0.4 is 5.73 Å². The normalized spacial score (nSPS) is 11.7. The van der Waals surface area contributed by atoms with E-state index in [0.717, 1.165) is 0 Å². The lowest BCUT2D eigenvalue weighted by molar-refractivity contribution is 0.241. The fourth-order valence-corrected chi connectivity index (χ4v) is 2.26. The molecule has 0 heterocycles. The van der Waals surface area contributed by atoms with Crippen LogP contribution in [0.25, 0.3) is 0 Å². The van der Waals surface area contributed by atoms with Crippen LogP contribution in [0.15, 0.2) is 60.7 Å². The highest BCUT2D eigenvalue weighted by Gasteiger charge is 2.11. The van der Waals surface area contributed by atoms with E-state index in [1.807, 2.05) is 6.92 Å². The highest BCUT2D eigenvalue weighted by molar-refractivity contribution is 5.32. The average molecular weight is 299 g/mol. The maximum Gasteiger partial charge on any atom is 0.0468 e. The number of benzene rings is 2. The Hall–Kier alpha value is -1.64. The molecule has 22 heavy (non-hydrogen) atoms. The van der Waals surface area contributed by atoms with Crippen LogP contribution in [0.1, 0.15) is 43.7 Å². The fraction of sp³-hybridized carbons (Fsp3) is 0.400. The van der Waals surface area contributed by atoms with Gasteiger partial charge in [0, 0.05) is 12.5 Å². The predicted octanol–water partition coefficient (Wildman–Crippen LogP) is 4.19. The SMILES string of the molecule is CC(CN)CO.CCCC(c1ccccc1)c1ccccc1. The van der Waals surface area contributed by atoms with Crippen LogP contribution in [-0.4, -0.2) is 18.3 Å². The van der Waals surface area contributed by atoms with Gasteiger partial charge in [0.2, 0.25) is 0 Å². The highest BCUT2D eigenvalue weighted by Crippen LogP contribution is 2.28. The van der Waals surface area contributed by atoms with E-state index in [9.17, 15) is 0 Å². The van der Waals surface area contributed by atoms with Crippen LogP contribution in [-0.2, 0) is 0 Å². The number of aliphatic hydroxyl groups is 1. The van der Waals surface area contributed by atoms with Crippen molar-refractivity contribution >= 4 is 0 Å². The third-order valence-electron chi connectivity index (χ3n) is 3.70. The minimum absolute atomic E-state index is 0.205. The molecule has 2 aromatic carbocycles. The Morgan fingerprint density at radius 2 is 1.36 bits per heavy atom. The quantitative estimate of drug-likeness (QED) is 0.840. The van der Waals surface area contributed by atoms with Crippen LogP contribution in [0, 0.1) is 5.92 Å². The molecule has 0 saturated carbocycles. The van der Waals surface area contributed by atoms with Crippen molar-refractivity contribution in [1.29, 1.82) is 0 Å². The second-order valence-corrected chi connectivity index (χ2v) is 5.69. The lowest BCUT2D eigenvalue weighted by Gasteiger charge is -2.17. The van der Waals surface area contributed by atoms with Crippen LogP contribution in [0.3, 0.4) is 0 Å². The Kier molecular flexibility index (Phi) is 9.20. The molecular weight excluding hydrogens is 270 g/mol. The summed E-state index contributed by atoms with van der Waals surface area (Å²) in [6.07, 6.45) is 2.43. The van der Waals surface area contributed by atoms with Crippen LogP contribution in [0.4, 0.5) is 0 Å². The Morgan fingerprint density at radius 1 is 0.909 bits per heavy atom. The summed E-state index contributed by atoms with van der Waals surface area (Å²) in [4.78, 5) is 0. The first-order valence-electron chi connectivity index (χ1n) is 8.13. The van der Waals surface area contributed by atoms with Crippen molar-refractivity contribution in [2.45, 2.75) is 32.6 Å². The maximum atomic E-state index is 8.25. The van der Waals surface area contributed by atoms with Gasteiger partial charge in [0.05, 0.1) is 0 Å². The summed E-state index contributed by atoms with van der Waals surface area (Å²) in [7, 11) is 0. The van der Waals surface area contributed by atoms with Gasteiger partial charge in [0.15, 0.2) is 0 Å². The number of nitrogens with two attached hydrogens (primary N) is 1. The van der Waals surface area contributed by atoms with E-state index in [4.69, 9.17) is 10.8 Å². The minimum Gasteiger partial charge on any atom is -0.396 e. The fourth-order valence-electron chi connectivity index (χ4n) is 2.26. The Labute approximate surface area is 135 Å². The first-order valence-corrected chi connectivity index (χ1v) is 8.13. The summed E-state index contributed by atoms with van der Waals surface area (Å²) >= 11 is 0. The predicted molar refractivity (Wildman–Crippen MR) is 94.9 cm³/mol. The van der Waals surface area contributed by atoms with Gasteiger partial charge >= 0.3 is 0 Å². The van der Waals surface area contributed by atoms with E-state index in [1.54, 1.807) is 0 Å². The minimum atomic E-state index is 0.205. The summed E-state index contributed by atoms with van der Waals surface area (Å²) in [5, 5.41) is 8.25. The van der Waals surface area contributed by atoms with Gasteiger partial charge in [-0.15, -0.1) is 0 Å². The first-order chi connectivity index (χ1) is 10.7. The van der Waals surface area contributed by atoms with Gasteiger partial charge in [-0.2, -0.15) is 0 Å². The zero-order valence-electron chi connectivity index (χ0n) is 13.8. The maximum absolute atomic E-state index is 8.25. The zero-order valence-corrected chi connectivity index (χ0v) is 13.8. The molecule has 0 saturated heterocycles. The lowest BCUT2D eigenvalue weighted by Crippen LogP contribution is -2.13. The third kappa shape index (κ3) is 6.42. The molecule has 0 fully saturated rings. The molecule has 2 aromatic rings. The van der Waals surface area contributed by atoms with Crippen LogP contribution in [0.2, 0.25) is 0 Å². The molecule has 2 rings (SSSR count). The molecule has 0 aromatic heterocycles. The summed E-state index contributed by atoms with van der Waals surface area (Å²) in [5.41, 5.74) is 7.98. The van der Waals surface area contributed by atoms with E-state index < -0.39 is 0 Å². The molecule has 120 valence electrons. The van der Waals surface area contributed by atoms with Crippen molar-refractivity contribution in [3.63, 3.8) is 0 Å². The topological polar surface area (TPSA) is 46.2 Å². The zero-order chi connectivity index (χ0) is 16.2. The van der Waals surface area contributed by atoms with Gasteiger partial charge in [-0.25, -0.2) is 0 Å². The molecular formula is C20H29NO. The molecule has 0 bridgehead atoms. The summed E-state index contributed by atoms with van der Waals surface area (Å²) in [6.45, 7) is 4.94. The standard InChI is InChI=1S/C16H18.C4H11NO/c1-2-9-16(14-10-5-3-6-11-14)15-12-7-4-8-13-15;1-4(2-5)3-6/h3-8,10-13,16H,2,9H2,1H3;4,6H,2-3,5H2,1H3. The number of hydrogen-bond donors (Lipinski definition) is 2. The van der Waals surface area contributed by atoms with E-state index in [0.29, 0.717) is 12.5 Å². The summed E-state index contributed by atoms with van der Waals surface area (Å²) in [6, 6.07) is 21.6. The number of rotatable bonds is 6. The van der Waals surface area contributed by atoms with Crippen molar-refractivity contribution in [3.8, 4) is 0 Å². The van der Waals surface area contributed by atoms with E-state index in [2.05, 4.69) is 67.6 Å². The number of aliphatic hydroxyl groups excluding tert-OH is 1. The van der Waals surface area contributed by atoms with Gasteiger partial charge in [-0.05, 0) is 30.0 Å². The largest absolute Gasteiger partial charge is 0.396 e. The average Bonchev–Trinajstić information content (AvgIpc) is 2.61. The molecule has 0 amide bonds. The molecule has 0 aliphatic rings. The van der Waals surface area contributed by atoms with Gasteiger partial charge < -0.3 is 10.8 Å². The smallest absolute Gasteiger partial charge is 0.0468 e. The van der Waals surface area contributed by atoms with Crippen LogP contribution in [0.5, 0.6) is 0 Å². The summed E-state index contributed by atoms with van der Waals surface area (Å²) in [5.74, 6) is 0.817. The van der Waals surface area contributed by atoms with Gasteiger partial charge in [-0.1, -0.05) is 80.9 Å². The first kappa shape index (κ1) is 18.4. The molecule has 2 heteroatoms. The van der Waals surface area contributed by atoms with Crippen LogP contribution >= 0.6 is 0 Å². The van der Waals surface area contributed by atoms with E-state index in [-0.39, 0.29) is 12.5 Å². The molecule has 0 spiro atoms. The second-order valence-electron chi connectivity index (χ2n) is 5.69. The molecule has 2 nitrogen and oxygen atoms in total. The van der Waals surface area contributed by atoms with Gasteiger partial charge in [-0.3, -0.25) is 0 Å². The molecule has 0 radical (unpaired) electrons. The molecule has 0 aliphatic carbocycles. The van der Waals surface area contributed by atoms with Gasteiger partial charge in [0.25, 0.3) is 0 Å². The third-order valence-corrected chi connectivity index (χ3v) is 3.70. The second kappa shape index (κ2) is 11.0. The highest BCUT2D eigenvalue weighted by atomic mass is 16.3. The Balaban J connectivity index is 0.000000346. The molecule has 0 aliphatic heterocycles. The molecule has 1 atom stereocenters.